The van der Waals surface area contributed by atoms with Crippen LogP contribution >= 0.6 is 11.8 Å². The third-order valence-electron chi connectivity index (χ3n) is 4.87. The molecule has 1 saturated carbocycles. The molecule has 3 atom stereocenters. The Labute approximate surface area is 142 Å². The normalized spacial score (nSPS) is 25.4. The summed E-state index contributed by atoms with van der Waals surface area (Å²) in [4.78, 5) is 41.1. The van der Waals surface area contributed by atoms with E-state index in [0.29, 0.717) is 18.8 Å². The first kappa shape index (κ1) is 18.3. The molecule has 2 aliphatic rings. The topological polar surface area (TPSA) is 69.7 Å². The number of nitrogens with one attached hydrogen (secondary N) is 1. The van der Waals surface area contributed by atoms with Gasteiger partial charge < -0.3 is 10.2 Å². The summed E-state index contributed by atoms with van der Waals surface area (Å²) in [5, 5.41) is 3.01. The number of carbonyl (C=O) groups is 3. The molecule has 1 heterocycles. The van der Waals surface area contributed by atoms with E-state index in [-0.39, 0.29) is 29.6 Å². The molecular weight excluding hydrogens is 314 g/mol. The quantitative estimate of drug-likeness (QED) is 0.686. The van der Waals surface area contributed by atoms with Gasteiger partial charge in [0.15, 0.2) is 0 Å². The van der Waals surface area contributed by atoms with E-state index in [1.165, 1.54) is 16.7 Å². The van der Waals surface area contributed by atoms with E-state index < -0.39 is 6.04 Å². The fraction of sp³-hybridized carbons (Fsp3) is 0.812. The Balaban J connectivity index is 2.17. The van der Waals surface area contributed by atoms with Crippen molar-refractivity contribution in [3.05, 3.63) is 0 Å². The van der Waals surface area contributed by atoms with Crippen molar-refractivity contribution in [3.8, 4) is 0 Å². The minimum atomic E-state index is -0.669. The lowest BCUT2D eigenvalue weighted by molar-refractivity contribution is -0.150. The van der Waals surface area contributed by atoms with E-state index in [1.807, 2.05) is 13.3 Å². The van der Waals surface area contributed by atoms with Crippen LogP contribution in [0.25, 0.3) is 0 Å². The molecule has 23 heavy (non-hydrogen) atoms. The zero-order valence-corrected chi connectivity index (χ0v) is 15.0. The number of rotatable bonds is 7. The van der Waals surface area contributed by atoms with Gasteiger partial charge in [0.25, 0.3) is 0 Å². The molecule has 0 radical (unpaired) electrons. The fourth-order valence-electron chi connectivity index (χ4n) is 3.55. The number of thioether (sulfide) groups is 1. The van der Waals surface area contributed by atoms with Crippen LogP contribution < -0.4 is 5.32 Å². The molecule has 2 fully saturated rings. The van der Waals surface area contributed by atoms with E-state index in [1.54, 1.807) is 11.9 Å². The standard InChI is InChI=1S/C16H27N3O3S/c1-17-8-9-18(2)16(22)13(10-23-3)19-14(20)11-6-4-5-7-12(11)15(19)21/h11-13,17H,4-10H2,1-3H3. The molecule has 7 heteroatoms. The molecule has 6 nitrogen and oxygen atoms in total. The van der Waals surface area contributed by atoms with Crippen LogP contribution in [0.4, 0.5) is 0 Å². The average Bonchev–Trinajstić information content (AvgIpc) is 2.81. The number of hydrogen-bond acceptors (Lipinski definition) is 5. The number of amides is 3. The van der Waals surface area contributed by atoms with Gasteiger partial charge in [-0.2, -0.15) is 11.8 Å². The highest BCUT2D eigenvalue weighted by molar-refractivity contribution is 7.98. The molecule has 0 aromatic carbocycles. The number of likely N-dealkylation sites (tertiary alicyclic amines) is 1. The summed E-state index contributed by atoms with van der Waals surface area (Å²) in [5.41, 5.74) is 0. The van der Waals surface area contributed by atoms with Crippen molar-refractivity contribution in [1.82, 2.24) is 15.1 Å². The molecule has 1 saturated heterocycles. The van der Waals surface area contributed by atoms with Crippen molar-refractivity contribution < 1.29 is 14.4 Å². The summed E-state index contributed by atoms with van der Waals surface area (Å²) in [6.07, 6.45) is 5.45. The second-order valence-electron chi connectivity index (χ2n) is 6.38. The van der Waals surface area contributed by atoms with Gasteiger partial charge in [0.05, 0.1) is 11.8 Å². The van der Waals surface area contributed by atoms with Gasteiger partial charge in [-0.1, -0.05) is 12.8 Å². The Hall–Kier alpha value is -1.08. The van der Waals surface area contributed by atoms with Crippen molar-refractivity contribution in [2.24, 2.45) is 11.8 Å². The highest BCUT2D eigenvalue weighted by Crippen LogP contribution is 2.39. The number of carbonyl (C=O) groups excluding carboxylic acids is 3. The van der Waals surface area contributed by atoms with Gasteiger partial charge in [0, 0.05) is 25.9 Å². The first-order valence-electron chi connectivity index (χ1n) is 8.28. The SMILES string of the molecule is CNCCN(C)C(=O)C(CSC)N1C(=O)C2CCCCC2C1=O. The zero-order chi connectivity index (χ0) is 17.0. The number of imide groups is 1. The van der Waals surface area contributed by atoms with E-state index in [4.69, 9.17) is 0 Å². The molecular formula is C16H27N3O3S. The van der Waals surface area contributed by atoms with Crippen molar-refractivity contribution in [1.29, 1.82) is 0 Å². The molecule has 1 N–H and O–H groups in total. The monoisotopic (exact) mass is 341 g/mol. The van der Waals surface area contributed by atoms with Gasteiger partial charge in [-0.3, -0.25) is 19.3 Å². The molecule has 130 valence electrons. The summed E-state index contributed by atoms with van der Waals surface area (Å²) in [6, 6.07) is -0.669. The van der Waals surface area contributed by atoms with Crippen molar-refractivity contribution in [3.63, 3.8) is 0 Å². The van der Waals surface area contributed by atoms with Crippen LogP contribution in [0.3, 0.4) is 0 Å². The van der Waals surface area contributed by atoms with Crippen LogP contribution in [0.2, 0.25) is 0 Å². The molecule has 3 unspecified atom stereocenters. The second kappa shape index (κ2) is 8.15. The van der Waals surface area contributed by atoms with Gasteiger partial charge in [-0.05, 0) is 26.1 Å². The summed E-state index contributed by atoms with van der Waals surface area (Å²) >= 11 is 1.49. The lowest BCUT2D eigenvalue weighted by Crippen LogP contribution is -2.52. The Kier molecular flexibility index (Phi) is 6.47. The van der Waals surface area contributed by atoms with Crippen LogP contribution in [-0.2, 0) is 14.4 Å². The number of fused-ring (bicyclic) bond motifs is 1. The smallest absolute Gasteiger partial charge is 0.246 e. The third kappa shape index (κ3) is 3.71. The predicted molar refractivity (Wildman–Crippen MR) is 91.0 cm³/mol. The Bertz CT molecular complexity index is 447. The maximum absolute atomic E-state index is 12.8. The average molecular weight is 341 g/mol. The van der Waals surface area contributed by atoms with Crippen LogP contribution in [-0.4, -0.2) is 72.8 Å². The van der Waals surface area contributed by atoms with Crippen LogP contribution in [0.1, 0.15) is 25.7 Å². The maximum Gasteiger partial charge on any atom is 0.246 e. The van der Waals surface area contributed by atoms with E-state index >= 15 is 0 Å². The molecule has 1 aliphatic carbocycles. The number of nitrogens with zero attached hydrogens (tertiary/aromatic N) is 2. The molecule has 0 aromatic rings. The molecule has 0 bridgehead atoms. The molecule has 3 amide bonds. The highest BCUT2D eigenvalue weighted by atomic mass is 32.2. The van der Waals surface area contributed by atoms with Gasteiger partial charge >= 0.3 is 0 Å². The third-order valence-corrected chi connectivity index (χ3v) is 5.52. The van der Waals surface area contributed by atoms with Crippen molar-refractivity contribution >= 4 is 29.5 Å². The van der Waals surface area contributed by atoms with Crippen LogP contribution in [0, 0.1) is 11.8 Å². The molecule has 1 aliphatic heterocycles. The lowest BCUT2D eigenvalue weighted by atomic mass is 9.81. The Morgan fingerprint density at radius 3 is 2.35 bits per heavy atom. The van der Waals surface area contributed by atoms with E-state index in [2.05, 4.69) is 5.32 Å². The number of likely N-dealkylation sites (N-methyl/N-ethyl adjacent to an activating group) is 2. The zero-order valence-electron chi connectivity index (χ0n) is 14.2. The number of hydrogen-bond donors (Lipinski definition) is 1. The predicted octanol–water partition coefficient (Wildman–Crippen LogP) is 0.571. The van der Waals surface area contributed by atoms with Gasteiger partial charge in [0.1, 0.15) is 6.04 Å². The van der Waals surface area contributed by atoms with Crippen molar-refractivity contribution in [2.45, 2.75) is 31.7 Å². The van der Waals surface area contributed by atoms with Crippen molar-refractivity contribution in [2.75, 3.05) is 39.2 Å². The Morgan fingerprint density at radius 2 is 1.87 bits per heavy atom. The molecule has 0 aromatic heterocycles. The van der Waals surface area contributed by atoms with Crippen LogP contribution in [0.15, 0.2) is 0 Å². The van der Waals surface area contributed by atoms with Gasteiger partial charge in [-0.15, -0.1) is 0 Å². The summed E-state index contributed by atoms with van der Waals surface area (Å²) in [5.74, 6) is -0.343. The Morgan fingerprint density at radius 1 is 1.30 bits per heavy atom. The maximum atomic E-state index is 12.8. The van der Waals surface area contributed by atoms with Gasteiger partial charge in [0.2, 0.25) is 17.7 Å². The first-order chi connectivity index (χ1) is 11.0. The van der Waals surface area contributed by atoms with Gasteiger partial charge in [-0.25, -0.2) is 0 Å². The highest BCUT2D eigenvalue weighted by Gasteiger charge is 2.51. The first-order valence-corrected chi connectivity index (χ1v) is 9.67. The molecule has 0 spiro atoms. The molecule has 2 rings (SSSR count). The largest absolute Gasteiger partial charge is 0.343 e. The van der Waals surface area contributed by atoms with E-state index in [0.717, 1.165) is 25.7 Å². The minimum absolute atomic E-state index is 0.130. The lowest BCUT2D eigenvalue weighted by Gasteiger charge is -2.29. The van der Waals surface area contributed by atoms with E-state index in [9.17, 15) is 14.4 Å². The minimum Gasteiger partial charge on any atom is -0.343 e. The second-order valence-corrected chi connectivity index (χ2v) is 7.29. The fourth-order valence-corrected chi connectivity index (χ4v) is 4.16. The van der Waals surface area contributed by atoms with Crippen LogP contribution in [0.5, 0.6) is 0 Å². The summed E-state index contributed by atoms with van der Waals surface area (Å²) in [6.45, 7) is 1.24. The summed E-state index contributed by atoms with van der Waals surface area (Å²) in [7, 11) is 3.56. The summed E-state index contributed by atoms with van der Waals surface area (Å²) < 4.78 is 0.